The van der Waals surface area contributed by atoms with Crippen molar-refractivity contribution in [1.29, 1.82) is 0 Å². The number of rotatable bonds is 10. The number of fused-ring (bicyclic) bond motifs is 8. The van der Waals surface area contributed by atoms with Gasteiger partial charge in [-0.15, -0.1) is 0 Å². The minimum Gasteiger partial charge on any atom is -0.457 e. The molecule has 0 saturated carbocycles. The molecule has 13 rings (SSSR count). The molecule has 322 valence electrons. The van der Waals surface area contributed by atoms with Gasteiger partial charge in [0.25, 0.3) is 0 Å². The Labute approximate surface area is 391 Å². The highest BCUT2D eigenvalue weighted by molar-refractivity contribution is 6.18. The van der Waals surface area contributed by atoms with Crippen LogP contribution < -0.4 is 19.3 Å². The summed E-state index contributed by atoms with van der Waals surface area (Å²) in [6.45, 7) is 0. The Hall–Kier alpha value is -9.26. The molecule has 0 amide bonds. The second-order valence-corrected chi connectivity index (χ2v) is 17.0. The Morgan fingerprint density at radius 3 is 0.941 bits per heavy atom. The Balaban J connectivity index is 0.840. The number of nitrogens with zero attached hydrogens (tertiary/aromatic N) is 2. The van der Waals surface area contributed by atoms with Crippen LogP contribution in [0.15, 0.2) is 251 Å². The van der Waals surface area contributed by atoms with Gasteiger partial charge < -0.3 is 28.1 Å². The van der Waals surface area contributed by atoms with Crippen LogP contribution in [0, 0.1) is 0 Å². The number of hydrogen-bond acceptors (Lipinski definition) is 6. The second kappa shape index (κ2) is 16.3. The normalized spacial score (nSPS) is 11.5. The maximum atomic E-state index is 6.69. The predicted molar refractivity (Wildman–Crippen MR) is 278 cm³/mol. The number of anilines is 6. The Bertz CT molecular complexity index is 3680. The maximum absolute atomic E-state index is 6.69. The van der Waals surface area contributed by atoms with E-state index in [0.717, 1.165) is 123 Å². The van der Waals surface area contributed by atoms with E-state index < -0.39 is 0 Å². The molecule has 6 nitrogen and oxygen atoms in total. The lowest BCUT2D eigenvalue weighted by atomic mass is 10.0. The summed E-state index contributed by atoms with van der Waals surface area (Å²) in [7, 11) is 0. The van der Waals surface area contributed by atoms with Gasteiger partial charge in [0, 0.05) is 55.7 Å². The third kappa shape index (κ3) is 7.18. The van der Waals surface area contributed by atoms with Crippen molar-refractivity contribution >= 4 is 99.5 Å². The van der Waals surface area contributed by atoms with Gasteiger partial charge in [-0.1, -0.05) is 84.9 Å². The summed E-state index contributed by atoms with van der Waals surface area (Å²) < 4.78 is 25.6. The van der Waals surface area contributed by atoms with Crippen LogP contribution in [0.25, 0.3) is 65.4 Å². The number of ether oxygens (including phenoxy) is 2. The topological polar surface area (TPSA) is 51.2 Å². The van der Waals surface area contributed by atoms with Gasteiger partial charge in [-0.25, -0.2) is 0 Å². The van der Waals surface area contributed by atoms with Crippen LogP contribution in [0.5, 0.6) is 23.0 Å². The number of hydrogen-bond donors (Lipinski definition) is 0. The van der Waals surface area contributed by atoms with Crippen LogP contribution in [-0.2, 0) is 0 Å². The van der Waals surface area contributed by atoms with Crippen molar-refractivity contribution in [3.8, 4) is 23.0 Å². The molecule has 0 atom stereocenters. The molecule has 6 heteroatoms. The molecule has 0 fully saturated rings. The highest BCUT2D eigenvalue weighted by Crippen LogP contribution is 2.43. The van der Waals surface area contributed by atoms with Crippen LogP contribution in [0.2, 0.25) is 0 Å². The maximum Gasteiger partial charge on any atom is 0.136 e. The highest BCUT2D eigenvalue weighted by atomic mass is 16.5. The van der Waals surface area contributed by atoms with Crippen LogP contribution >= 0.6 is 0 Å². The van der Waals surface area contributed by atoms with Crippen LogP contribution in [0.4, 0.5) is 34.1 Å². The van der Waals surface area contributed by atoms with Crippen LogP contribution in [0.3, 0.4) is 0 Å². The molecule has 68 heavy (non-hydrogen) atoms. The van der Waals surface area contributed by atoms with Gasteiger partial charge in [0.05, 0.1) is 0 Å². The van der Waals surface area contributed by atoms with Gasteiger partial charge in [0.15, 0.2) is 0 Å². The third-order valence-corrected chi connectivity index (χ3v) is 12.6. The van der Waals surface area contributed by atoms with E-state index in [1.807, 2.05) is 97.1 Å². The summed E-state index contributed by atoms with van der Waals surface area (Å²) in [6.07, 6.45) is 0. The molecule has 0 aliphatic carbocycles. The minimum absolute atomic E-state index is 0.779. The molecule has 0 N–H and O–H groups in total. The molecule has 0 aliphatic rings. The zero-order valence-corrected chi connectivity index (χ0v) is 36.6. The molecule has 13 aromatic rings. The van der Waals surface area contributed by atoms with E-state index in [1.165, 1.54) is 0 Å². The van der Waals surface area contributed by atoms with Gasteiger partial charge in [-0.3, -0.25) is 0 Å². The van der Waals surface area contributed by atoms with E-state index in [-0.39, 0.29) is 0 Å². The second-order valence-electron chi connectivity index (χ2n) is 17.0. The van der Waals surface area contributed by atoms with Crippen molar-refractivity contribution in [3.05, 3.63) is 243 Å². The van der Waals surface area contributed by atoms with Crippen LogP contribution in [-0.4, -0.2) is 0 Å². The number of para-hydroxylation sites is 4. The van der Waals surface area contributed by atoms with Crippen molar-refractivity contribution in [1.82, 2.24) is 0 Å². The Kier molecular flexibility index (Phi) is 9.39. The lowest BCUT2D eigenvalue weighted by Crippen LogP contribution is -2.09. The minimum atomic E-state index is 0.779. The Morgan fingerprint density at radius 2 is 0.544 bits per heavy atom. The standard InChI is InChI=1S/C62H40N2O4/c1-5-13-45(14-6-1)63(47-25-29-53(30-26-47)65-51-17-9-3-10-18-51)49-23-21-41-35-55-57-39-62-58(40-61(57)67-59(55)37-43(41)33-49)56-36-42-22-24-50(34-44(42)38-60(56)68-62)64(46-15-7-2-8-16-46)48-27-31-54(32-28-48)66-52-19-11-4-12-20-52/h1-40H. The van der Waals surface area contributed by atoms with Gasteiger partial charge in [-0.05, 0) is 179 Å². The fourth-order valence-corrected chi connectivity index (χ4v) is 9.41. The molecule has 0 aliphatic heterocycles. The number of benzene rings is 11. The van der Waals surface area contributed by atoms with E-state index in [9.17, 15) is 0 Å². The fraction of sp³-hybridized carbons (Fsp3) is 0. The summed E-state index contributed by atoms with van der Waals surface area (Å²) in [6, 6.07) is 83.3. The summed E-state index contributed by atoms with van der Waals surface area (Å²) in [4.78, 5) is 4.53. The molecule has 2 heterocycles. The first kappa shape index (κ1) is 39.1. The highest BCUT2D eigenvalue weighted by Gasteiger charge is 2.19. The van der Waals surface area contributed by atoms with Crippen molar-refractivity contribution < 1.29 is 18.3 Å². The lowest BCUT2D eigenvalue weighted by Gasteiger charge is -2.26. The van der Waals surface area contributed by atoms with E-state index >= 15 is 0 Å². The zero-order chi connectivity index (χ0) is 45.0. The molecule has 11 aromatic carbocycles. The molecule has 0 spiro atoms. The van der Waals surface area contributed by atoms with Gasteiger partial charge in [0.2, 0.25) is 0 Å². The zero-order valence-electron chi connectivity index (χ0n) is 36.6. The molecule has 0 radical (unpaired) electrons. The van der Waals surface area contributed by atoms with Crippen molar-refractivity contribution in [3.63, 3.8) is 0 Å². The molecule has 0 bridgehead atoms. The first-order valence-corrected chi connectivity index (χ1v) is 22.7. The molecule has 0 saturated heterocycles. The number of furan rings is 2. The average molecular weight is 877 g/mol. The predicted octanol–water partition coefficient (Wildman–Crippen LogP) is 18.3. The van der Waals surface area contributed by atoms with Crippen LogP contribution in [0.1, 0.15) is 0 Å². The van der Waals surface area contributed by atoms with E-state index in [0.29, 0.717) is 0 Å². The van der Waals surface area contributed by atoms with Gasteiger partial charge in [-0.2, -0.15) is 0 Å². The average Bonchev–Trinajstić information content (AvgIpc) is 3.92. The quantitative estimate of drug-likeness (QED) is 0.136. The van der Waals surface area contributed by atoms with Gasteiger partial charge in [0.1, 0.15) is 45.3 Å². The fourth-order valence-electron chi connectivity index (χ4n) is 9.41. The first-order valence-electron chi connectivity index (χ1n) is 22.7. The first-order chi connectivity index (χ1) is 33.6. The van der Waals surface area contributed by atoms with E-state index in [1.54, 1.807) is 0 Å². The van der Waals surface area contributed by atoms with Gasteiger partial charge >= 0.3 is 0 Å². The SMILES string of the molecule is c1ccc(Oc2ccc(N(c3ccccc3)c3ccc4cc5c(cc4c3)oc3cc4c(cc35)oc3cc5cc(N(c6ccccc6)c6ccc(Oc7ccccc7)cc6)ccc5cc34)cc2)cc1. The summed E-state index contributed by atoms with van der Waals surface area (Å²) in [5, 5.41) is 8.54. The molecule has 2 aromatic heterocycles. The van der Waals surface area contributed by atoms with Crippen molar-refractivity contribution in [2.45, 2.75) is 0 Å². The molecule has 0 unspecified atom stereocenters. The van der Waals surface area contributed by atoms with E-state index in [4.69, 9.17) is 18.3 Å². The van der Waals surface area contributed by atoms with Crippen molar-refractivity contribution in [2.24, 2.45) is 0 Å². The summed E-state index contributed by atoms with van der Waals surface area (Å²) in [5.41, 5.74) is 9.54. The molecular formula is C62H40N2O4. The lowest BCUT2D eigenvalue weighted by molar-refractivity contribution is 0.482. The largest absolute Gasteiger partial charge is 0.457 e. The Morgan fingerprint density at radius 1 is 0.235 bits per heavy atom. The summed E-state index contributed by atoms with van der Waals surface area (Å²) >= 11 is 0. The molecular weight excluding hydrogens is 837 g/mol. The van der Waals surface area contributed by atoms with E-state index in [2.05, 4.69) is 155 Å². The van der Waals surface area contributed by atoms with Crippen molar-refractivity contribution in [2.75, 3.05) is 9.80 Å². The summed E-state index contributed by atoms with van der Waals surface area (Å²) in [5.74, 6) is 3.16. The third-order valence-electron chi connectivity index (χ3n) is 12.6. The smallest absolute Gasteiger partial charge is 0.136 e. The monoisotopic (exact) mass is 876 g/mol.